The first-order valence-corrected chi connectivity index (χ1v) is 10.1. The largest absolute Gasteiger partial charge is 0.372 e. The van der Waals surface area contributed by atoms with Crippen LogP contribution in [0, 0.1) is 0 Å². The minimum Gasteiger partial charge on any atom is -0.372 e. The summed E-state index contributed by atoms with van der Waals surface area (Å²) >= 11 is 0. The van der Waals surface area contributed by atoms with Gasteiger partial charge in [0.25, 0.3) is 0 Å². The first kappa shape index (κ1) is 17.9. The Balaban J connectivity index is 1.97. The number of amides is 1. The van der Waals surface area contributed by atoms with Crippen molar-refractivity contribution in [1.29, 1.82) is 0 Å². The van der Waals surface area contributed by atoms with E-state index in [1.807, 2.05) is 19.9 Å². The Hall–Kier alpha value is -1.93. The van der Waals surface area contributed by atoms with Crippen LogP contribution in [0.5, 0.6) is 0 Å². The Morgan fingerprint density at radius 2 is 1.88 bits per heavy atom. The predicted octanol–water partition coefficient (Wildman–Crippen LogP) is 1.47. The SMILES string of the molecule is CCS(=O)(=O)c1nc2ccccc2n1CC(=O)N1C[C@H](C)O[C@@H](C)C1. The molecule has 1 amide bonds. The molecule has 2 atom stereocenters. The van der Waals surface area contributed by atoms with E-state index in [1.165, 1.54) is 4.57 Å². The standard InChI is InChI=1S/C17H23N3O4S/c1-4-25(22,23)17-18-14-7-5-6-8-15(14)20(17)11-16(21)19-9-12(2)24-13(3)10-19/h5-8,12-13H,4,9-11H2,1-3H3/t12-,13-/m0/s1. The van der Waals surface area contributed by atoms with E-state index < -0.39 is 9.84 Å². The molecule has 1 fully saturated rings. The minimum atomic E-state index is -3.53. The number of aromatic nitrogens is 2. The molecule has 0 unspecified atom stereocenters. The van der Waals surface area contributed by atoms with Crippen LogP contribution in [-0.2, 0) is 25.9 Å². The molecule has 0 radical (unpaired) electrons. The third kappa shape index (κ3) is 3.55. The number of imidazole rings is 1. The second kappa shape index (κ2) is 6.76. The lowest BCUT2D eigenvalue weighted by molar-refractivity contribution is -0.143. The molecule has 0 saturated carbocycles. The molecule has 7 nitrogen and oxygen atoms in total. The van der Waals surface area contributed by atoms with Crippen LogP contribution >= 0.6 is 0 Å². The van der Waals surface area contributed by atoms with E-state index in [0.717, 1.165) is 0 Å². The summed E-state index contributed by atoms with van der Waals surface area (Å²) in [7, 11) is -3.53. The molecule has 0 N–H and O–H groups in total. The highest BCUT2D eigenvalue weighted by molar-refractivity contribution is 7.91. The summed E-state index contributed by atoms with van der Waals surface area (Å²) < 4.78 is 32.0. The zero-order chi connectivity index (χ0) is 18.2. The van der Waals surface area contributed by atoms with E-state index in [-0.39, 0.29) is 35.6 Å². The van der Waals surface area contributed by atoms with Crippen molar-refractivity contribution in [2.45, 2.75) is 44.7 Å². The molecule has 8 heteroatoms. The number of hydrogen-bond acceptors (Lipinski definition) is 5. The van der Waals surface area contributed by atoms with Gasteiger partial charge in [0, 0.05) is 13.1 Å². The van der Waals surface area contributed by atoms with Crippen molar-refractivity contribution in [2.24, 2.45) is 0 Å². The molecule has 0 bridgehead atoms. The number of nitrogens with zero attached hydrogens (tertiary/aromatic N) is 3. The topological polar surface area (TPSA) is 81.5 Å². The smallest absolute Gasteiger partial charge is 0.242 e. The zero-order valence-electron chi connectivity index (χ0n) is 14.7. The van der Waals surface area contributed by atoms with Crippen LogP contribution in [0.4, 0.5) is 0 Å². The second-order valence-electron chi connectivity index (χ2n) is 6.43. The maximum Gasteiger partial charge on any atom is 0.242 e. The first-order chi connectivity index (χ1) is 11.8. The van der Waals surface area contributed by atoms with Crippen LogP contribution in [0.1, 0.15) is 20.8 Å². The third-order valence-corrected chi connectivity index (χ3v) is 5.97. The lowest BCUT2D eigenvalue weighted by Gasteiger charge is -2.35. The Kier molecular flexibility index (Phi) is 4.83. The lowest BCUT2D eigenvalue weighted by Crippen LogP contribution is -2.49. The number of fused-ring (bicyclic) bond motifs is 1. The molecule has 1 aromatic carbocycles. The van der Waals surface area contributed by atoms with Gasteiger partial charge in [0.05, 0.1) is 29.0 Å². The summed E-state index contributed by atoms with van der Waals surface area (Å²) in [5.41, 5.74) is 1.23. The summed E-state index contributed by atoms with van der Waals surface area (Å²) in [6.45, 7) is 6.39. The number of sulfone groups is 1. The van der Waals surface area contributed by atoms with Crippen LogP contribution in [0.3, 0.4) is 0 Å². The van der Waals surface area contributed by atoms with Crippen molar-refractivity contribution >= 4 is 26.8 Å². The summed E-state index contributed by atoms with van der Waals surface area (Å²) in [6.07, 6.45) is -0.0721. The molecule has 0 aliphatic carbocycles. The van der Waals surface area contributed by atoms with Gasteiger partial charge in [0.1, 0.15) is 6.54 Å². The Morgan fingerprint density at radius 3 is 2.52 bits per heavy atom. The van der Waals surface area contributed by atoms with Crippen LogP contribution in [0.25, 0.3) is 11.0 Å². The molecule has 0 spiro atoms. The van der Waals surface area contributed by atoms with Crippen LogP contribution in [0.15, 0.2) is 29.4 Å². The monoisotopic (exact) mass is 365 g/mol. The molecule has 1 aromatic heterocycles. The van der Waals surface area contributed by atoms with Gasteiger partial charge in [-0.1, -0.05) is 19.1 Å². The van der Waals surface area contributed by atoms with Gasteiger partial charge in [-0.25, -0.2) is 13.4 Å². The van der Waals surface area contributed by atoms with Gasteiger partial charge in [-0.05, 0) is 26.0 Å². The van der Waals surface area contributed by atoms with Crippen molar-refractivity contribution in [2.75, 3.05) is 18.8 Å². The van der Waals surface area contributed by atoms with Crippen molar-refractivity contribution in [1.82, 2.24) is 14.5 Å². The third-order valence-electron chi connectivity index (χ3n) is 4.34. The molecular weight excluding hydrogens is 342 g/mol. The van der Waals surface area contributed by atoms with Crippen LogP contribution < -0.4 is 0 Å². The maximum atomic E-state index is 12.8. The molecule has 2 heterocycles. The first-order valence-electron chi connectivity index (χ1n) is 8.43. The molecule has 25 heavy (non-hydrogen) atoms. The quantitative estimate of drug-likeness (QED) is 0.819. The minimum absolute atomic E-state index is 0.0360. The van der Waals surface area contributed by atoms with E-state index in [0.29, 0.717) is 24.1 Å². The molecule has 1 aliphatic heterocycles. The van der Waals surface area contributed by atoms with E-state index in [1.54, 1.807) is 30.0 Å². The molecule has 2 aromatic rings. The highest BCUT2D eigenvalue weighted by atomic mass is 32.2. The van der Waals surface area contributed by atoms with Crippen molar-refractivity contribution < 1.29 is 17.9 Å². The predicted molar refractivity (Wildman–Crippen MR) is 94.0 cm³/mol. The summed E-state index contributed by atoms with van der Waals surface area (Å²) in [6, 6.07) is 7.15. The maximum absolute atomic E-state index is 12.8. The number of benzene rings is 1. The number of para-hydroxylation sites is 2. The van der Waals surface area contributed by atoms with Gasteiger partial charge in [-0.3, -0.25) is 4.79 Å². The Morgan fingerprint density at radius 1 is 1.24 bits per heavy atom. The fraction of sp³-hybridized carbons (Fsp3) is 0.529. The number of rotatable bonds is 4. The van der Waals surface area contributed by atoms with Gasteiger partial charge in [-0.2, -0.15) is 0 Å². The van der Waals surface area contributed by atoms with E-state index in [2.05, 4.69) is 4.98 Å². The number of carbonyl (C=O) groups excluding carboxylic acids is 1. The Bertz CT molecular complexity index is 880. The highest BCUT2D eigenvalue weighted by Crippen LogP contribution is 2.21. The number of hydrogen-bond donors (Lipinski definition) is 0. The highest BCUT2D eigenvalue weighted by Gasteiger charge is 2.28. The van der Waals surface area contributed by atoms with Gasteiger partial charge >= 0.3 is 0 Å². The van der Waals surface area contributed by atoms with Gasteiger partial charge in [0.15, 0.2) is 0 Å². The van der Waals surface area contributed by atoms with Gasteiger partial charge < -0.3 is 14.2 Å². The van der Waals surface area contributed by atoms with Crippen molar-refractivity contribution in [3.05, 3.63) is 24.3 Å². The van der Waals surface area contributed by atoms with Crippen LogP contribution in [0.2, 0.25) is 0 Å². The fourth-order valence-electron chi connectivity index (χ4n) is 3.19. The zero-order valence-corrected chi connectivity index (χ0v) is 15.5. The van der Waals surface area contributed by atoms with E-state index in [4.69, 9.17) is 4.74 Å². The molecule has 1 aliphatic rings. The average molecular weight is 365 g/mol. The average Bonchev–Trinajstić information content (AvgIpc) is 2.93. The summed E-state index contributed by atoms with van der Waals surface area (Å²) in [4.78, 5) is 18.8. The van der Waals surface area contributed by atoms with Crippen LogP contribution in [-0.4, -0.2) is 59.8 Å². The summed E-state index contributed by atoms with van der Waals surface area (Å²) in [5.74, 6) is -0.187. The fourth-order valence-corrected chi connectivity index (χ4v) is 4.18. The van der Waals surface area contributed by atoms with E-state index in [9.17, 15) is 13.2 Å². The normalized spacial score (nSPS) is 21.6. The molecular formula is C17H23N3O4S. The van der Waals surface area contributed by atoms with Gasteiger partial charge in [0.2, 0.25) is 20.9 Å². The van der Waals surface area contributed by atoms with Crippen molar-refractivity contribution in [3.8, 4) is 0 Å². The second-order valence-corrected chi connectivity index (χ2v) is 8.60. The summed E-state index contributed by atoms with van der Waals surface area (Å²) in [5, 5.41) is -0.0427. The molecule has 3 rings (SSSR count). The number of ether oxygens (including phenoxy) is 1. The van der Waals surface area contributed by atoms with Gasteiger partial charge in [-0.15, -0.1) is 0 Å². The molecule has 1 saturated heterocycles. The van der Waals surface area contributed by atoms with Crippen molar-refractivity contribution in [3.63, 3.8) is 0 Å². The lowest BCUT2D eigenvalue weighted by atomic mass is 10.2. The Labute approximate surface area is 147 Å². The molecule has 136 valence electrons. The number of morpholine rings is 1. The number of carbonyl (C=O) groups is 1. The van der Waals surface area contributed by atoms with E-state index >= 15 is 0 Å².